The second-order valence-electron chi connectivity index (χ2n) is 5.93. The van der Waals surface area contributed by atoms with Crippen LogP contribution in [-0.4, -0.2) is 64.9 Å². The molecule has 7 heteroatoms. The van der Waals surface area contributed by atoms with Crippen LogP contribution in [0.25, 0.3) is 0 Å². The predicted octanol–water partition coefficient (Wildman–Crippen LogP) is -7.46. The van der Waals surface area contributed by atoms with E-state index in [1.54, 1.807) is 0 Å². The van der Waals surface area contributed by atoms with Crippen LogP contribution in [0.3, 0.4) is 0 Å². The molecule has 0 aromatic heterocycles. The first-order valence-electron chi connectivity index (χ1n) is 8.65. The van der Waals surface area contributed by atoms with Crippen molar-refractivity contribution < 1.29 is 30.1 Å². The first-order chi connectivity index (χ1) is 10.9. The van der Waals surface area contributed by atoms with E-state index in [2.05, 4.69) is 56.9 Å². The molecule has 0 aliphatic carbocycles. The summed E-state index contributed by atoms with van der Waals surface area (Å²) in [6.45, 7) is 9.54. The van der Waals surface area contributed by atoms with Crippen LogP contribution in [0.4, 0.5) is 0 Å². The van der Waals surface area contributed by atoms with Crippen LogP contribution in [0.2, 0.25) is 0 Å². The lowest BCUT2D eigenvalue weighted by atomic mass is 10.1. The molecule has 1 aromatic rings. The van der Waals surface area contributed by atoms with Crippen molar-refractivity contribution in [1.29, 1.82) is 0 Å². The van der Waals surface area contributed by atoms with Crippen LogP contribution in [0, 0.1) is 0 Å². The third-order valence-corrected chi connectivity index (χ3v) is 4.00. The number of halogens is 2. The lowest BCUT2D eigenvalue weighted by Crippen LogP contribution is -3.00. The normalized spacial score (nSPS) is 21.4. The lowest BCUT2D eigenvalue weighted by molar-refractivity contribution is -0.685. The van der Waals surface area contributed by atoms with Gasteiger partial charge in [-0.2, -0.15) is 0 Å². The highest BCUT2D eigenvalue weighted by molar-refractivity contribution is 5.15. The maximum Gasteiger partial charge on any atom is 0.103 e. The maximum atomic E-state index is 3.59. The van der Waals surface area contributed by atoms with E-state index in [1.807, 2.05) is 0 Å². The van der Waals surface area contributed by atoms with Gasteiger partial charge < -0.3 is 51.4 Å². The summed E-state index contributed by atoms with van der Waals surface area (Å²) in [4.78, 5) is 0. The molecular weight excluding hydrogens is 345 g/mol. The van der Waals surface area contributed by atoms with Gasteiger partial charge in [-0.3, -0.25) is 0 Å². The summed E-state index contributed by atoms with van der Waals surface area (Å²) >= 11 is 0. The van der Waals surface area contributed by atoms with Crippen molar-refractivity contribution >= 4 is 0 Å². The second-order valence-corrected chi connectivity index (χ2v) is 5.93. The Labute approximate surface area is 158 Å². The fourth-order valence-corrected chi connectivity index (χ4v) is 2.77. The molecule has 1 heterocycles. The van der Waals surface area contributed by atoms with E-state index in [-0.39, 0.29) is 24.8 Å². The van der Waals surface area contributed by atoms with Crippen LogP contribution < -0.4 is 51.4 Å². The second kappa shape index (κ2) is 16.1. The van der Waals surface area contributed by atoms with Crippen molar-refractivity contribution in [3.63, 3.8) is 0 Å². The van der Waals surface area contributed by atoms with E-state index in [0.29, 0.717) is 6.04 Å². The minimum Gasteiger partial charge on any atom is -1.00 e. The van der Waals surface area contributed by atoms with Gasteiger partial charge in [0.25, 0.3) is 0 Å². The molecule has 1 aromatic carbocycles. The number of hydrogen-bond acceptors (Lipinski definition) is 4. The van der Waals surface area contributed by atoms with Gasteiger partial charge in [-0.05, 0) is 5.56 Å². The van der Waals surface area contributed by atoms with Crippen LogP contribution in [-0.2, 0) is 6.42 Å². The average molecular weight is 377 g/mol. The van der Waals surface area contributed by atoms with Crippen molar-refractivity contribution in [2.24, 2.45) is 0 Å². The van der Waals surface area contributed by atoms with Crippen LogP contribution >= 0.6 is 0 Å². The minimum atomic E-state index is 0. The predicted molar refractivity (Wildman–Crippen MR) is 92.2 cm³/mol. The molecule has 0 amide bonds. The van der Waals surface area contributed by atoms with E-state index < -0.39 is 0 Å². The third-order valence-electron chi connectivity index (χ3n) is 4.00. The molecule has 1 saturated heterocycles. The molecule has 1 aliphatic heterocycles. The average Bonchev–Trinajstić information content (AvgIpc) is 2.56. The van der Waals surface area contributed by atoms with Gasteiger partial charge in [0, 0.05) is 58.8 Å². The molecule has 1 atom stereocenters. The van der Waals surface area contributed by atoms with E-state index in [0.717, 1.165) is 65.3 Å². The molecule has 6 N–H and O–H groups in total. The number of nitrogens with one attached hydrogen (secondary N) is 4. The third kappa shape index (κ3) is 11.2. The largest absolute Gasteiger partial charge is 1.00 e. The molecule has 0 spiro atoms. The Balaban J connectivity index is 0.00000264. The number of quaternary nitrogens is 1. The van der Waals surface area contributed by atoms with Crippen molar-refractivity contribution in [3.8, 4) is 0 Å². The fourth-order valence-electron chi connectivity index (χ4n) is 2.77. The van der Waals surface area contributed by atoms with Crippen molar-refractivity contribution in [3.05, 3.63) is 35.9 Å². The molecular formula is C17H32Cl2N5-. The van der Waals surface area contributed by atoms with Gasteiger partial charge in [-0.15, -0.1) is 0 Å². The Hall–Kier alpha value is -0.400. The number of nitrogens with two attached hydrogens (primary N) is 1. The summed E-state index contributed by atoms with van der Waals surface area (Å²) < 4.78 is 0. The Morgan fingerprint density at radius 1 is 0.750 bits per heavy atom. The SMILES string of the molecule is [Cl-].[Cl-].c1ccc(CC2CNCCNCCNCCNCC[NH2+]2)cc1. The summed E-state index contributed by atoms with van der Waals surface area (Å²) in [5.41, 5.74) is 1.43. The Morgan fingerprint density at radius 3 is 1.92 bits per heavy atom. The standard InChI is InChI=1S/C17H31N5.2ClH/c1-2-4-16(5-3-1)14-17-15-21-11-10-19-7-6-18-8-9-20-12-13-22-17;;/h1-5,17-22H,6-15H2;2*1H/p-1. The molecule has 0 bridgehead atoms. The van der Waals surface area contributed by atoms with Gasteiger partial charge in [0.2, 0.25) is 0 Å². The summed E-state index contributed by atoms with van der Waals surface area (Å²) in [7, 11) is 0. The molecule has 0 saturated carbocycles. The fraction of sp³-hybridized carbons (Fsp3) is 0.647. The zero-order chi connectivity index (χ0) is 15.3. The van der Waals surface area contributed by atoms with E-state index in [1.165, 1.54) is 5.56 Å². The minimum absolute atomic E-state index is 0. The van der Waals surface area contributed by atoms with Gasteiger partial charge >= 0.3 is 0 Å². The maximum absolute atomic E-state index is 3.59. The highest BCUT2D eigenvalue weighted by Gasteiger charge is 2.12. The van der Waals surface area contributed by atoms with E-state index >= 15 is 0 Å². The van der Waals surface area contributed by atoms with E-state index in [4.69, 9.17) is 0 Å². The molecule has 1 unspecified atom stereocenters. The molecule has 0 radical (unpaired) electrons. The summed E-state index contributed by atoms with van der Waals surface area (Å²) in [6.07, 6.45) is 1.13. The van der Waals surface area contributed by atoms with Gasteiger partial charge in [0.05, 0.1) is 6.54 Å². The van der Waals surface area contributed by atoms with Crippen molar-refractivity contribution in [1.82, 2.24) is 21.3 Å². The molecule has 1 aliphatic rings. The summed E-state index contributed by atoms with van der Waals surface area (Å²) in [5, 5.41) is 16.5. The molecule has 1 fully saturated rings. The molecule has 24 heavy (non-hydrogen) atoms. The Kier molecular flexibility index (Phi) is 15.8. The van der Waals surface area contributed by atoms with Crippen molar-refractivity contribution in [2.75, 3.05) is 58.9 Å². The monoisotopic (exact) mass is 376 g/mol. The van der Waals surface area contributed by atoms with E-state index in [9.17, 15) is 0 Å². The molecule has 140 valence electrons. The topological polar surface area (TPSA) is 64.7 Å². The highest BCUT2D eigenvalue weighted by atomic mass is 35.5. The Bertz CT molecular complexity index is 365. The highest BCUT2D eigenvalue weighted by Crippen LogP contribution is 2.00. The smallest absolute Gasteiger partial charge is 0.103 e. The first kappa shape index (κ1) is 23.6. The Morgan fingerprint density at radius 2 is 1.29 bits per heavy atom. The van der Waals surface area contributed by atoms with Crippen LogP contribution in [0.1, 0.15) is 5.56 Å². The number of hydrogen-bond donors (Lipinski definition) is 5. The summed E-state index contributed by atoms with van der Waals surface area (Å²) in [6, 6.07) is 11.4. The zero-order valence-electron chi connectivity index (χ0n) is 14.4. The number of benzene rings is 1. The van der Waals surface area contributed by atoms with Gasteiger partial charge in [0.1, 0.15) is 6.04 Å². The van der Waals surface area contributed by atoms with Crippen LogP contribution in [0.15, 0.2) is 30.3 Å². The zero-order valence-corrected chi connectivity index (χ0v) is 15.9. The van der Waals surface area contributed by atoms with Gasteiger partial charge in [-0.25, -0.2) is 0 Å². The molecule has 2 rings (SSSR count). The van der Waals surface area contributed by atoms with Gasteiger partial charge in [0.15, 0.2) is 0 Å². The summed E-state index contributed by atoms with van der Waals surface area (Å²) in [5.74, 6) is 0. The molecule has 5 nitrogen and oxygen atoms in total. The van der Waals surface area contributed by atoms with Gasteiger partial charge in [-0.1, -0.05) is 30.3 Å². The quantitative estimate of drug-likeness (QED) is 0.356. The first-order valence-corrected chi connectivity index (χ1v) is 8.65. The van der Waals surface area contributed by atoms with Crippen LogP contribution in [0.5, 0.6) is 0 Å². The lowest BCUT2D eigenvalue weighted by Gasteiger charge is -2.17. The van der Waals surface area contributed by atoms with Crippen molar-refractivity contribution in [2.45, 2.75) is 12.5 Å². The number of rotatable bonds is 2.